The number of carbonyl (C=O) groups is 2. The maximum atomic E-state index is 12.6. The minimum atomic E-state index is -0.586. The summed E-state index contributed by atoms with van der Waals surface area (Å²) >= 11 is 0. The average molecular weight is 246 g/mol. The number of hydrogen-bond donors (Lipinski definition) is 0. The van der Waals surface area contributed by atoms with Gasteiger partial charge in [-0.25, -0.2) is 4.79 Å². The van der Waals surface area contributed by atoms with Crippen LogP contribution >= 0.6 is 0 Å². The molecule has 0 bridgehead atoms. The molecule has 0 aromatic rings. The zero-order chi connectivity index (χ0) is 13.1. The molecule has 1 heterocycles. The zero-order valence-corrected chi connectivity index (χ0v) is 10.7. The topological polar surface area (TPSA) is 43.4 Å². The van der Waals surface area contributed by atoms with Gasteiger partial charge in [-0.1, -0.05) is 25.7 Å². The van der Waals surface area contributed by atoms with Crippen molar-refractivity contribution in [3.63, 3.8) is 0 Å². The molecular formula is C15H18O3. The Hall–Kier alpha value is -1.38. The van der Waals surface area contributed by atoms with Gasteiger partial charge in [0, 0.05) is 16.9 Å². The first kappa shape index (κ1) is 11.7. The van der Waals surface area contributed by atoms with Crippen molar-refractivity contribution in [1.29, 1.82) is 0 Å². The monoisotopic (exact) mass is 246 g/mol. The van der Waals surface area contributed by atoms with Crippen molar-refractivity contribution in [1.82, 2.24) is 0 Å². The summed E-state index contributed by atoms with van der Waals surface area (Å²) in [6.07, 6.45) is 3.08. The molecule has 0 amide bonds. The Morgan fingerprint density at radius 1 is 1.33 bits per heavy atom. The molecule has 0 N–H and O–H groups in total. The standard InChI is InChI=1S/C15H18O3/c1-8-5-4-6-15(3)11(8)7-10-9(2)14(17)18-12(10)13(15)16/h10-12H,1-2,4-7H2,3H3/t10-,11+,12+,15+/m1/s1. The van der Waals surface area contributed by atoms with E-state index in [1.807, 2.05) is 6.92 Å². The molecule has 3 nitrogen and oxygen atoms in total. The highest BCUT2D eigenvalue weighted by atomic mass is 16.6. The predicted molar refractivity (Wildman–Crippen MR) is 66.7 cm³/mol. The van der Waals surface area contributed by atoms with Crippen LogP contribution in [-0.4, -0.2) is 17.9 Å². The molecule has 1 aliphatic heterocycles. The Balaban J connectivity index is 2.01. The van der Waals surface area contributed by atoms with Gasteiger partial charge < -0.3 is 4.74 Å². The van der Waals surface area contributed by atoms with E-state index < -0.39 is 12.1 Å². The van der Waals surface area contributed by atoms with Crippen LogP contribution in [0.15, 0.2) is 24.3 Å². The Labute approximate surface area is 107 Å². The van der Waals surface area contributed by atoms with Crippen molar-refractivity contribution in [2.45, 2.75) is 38.7 Å². The van der Waals surface area contributed by atoms with Crippen LogP contribution in [0.25, 0.3) is 0 Å². The molecule has 3 fully saturated rings. The van der Waals surface area contributed by atoms with Crippen LogP contribution in [0.2, 0.25) is 0 Å². The number of allylic oxidation sites excluding steroid dienone is 1. The van der Waals surface area contributed by atoms with Crippen molar-refractivity contribution in [2.75, 3.05) is 0 Å². The van der Waals surface area contributed by atoms with Crippen molar-refractivity contribution in [3.05, 3.63) is 24.3 Å². The second-order valence-corrected chi connectivity index (χ2v) is 6.04. The zero-order valence-electron chi connectivity index (χ0n) is 10.7. The summed E-state index contributed by atoms with van der Waals surface area (Å²) in [5.74, 6) is -0.257. The second kappa shape index (κ2) is 3.56. The summed E-state index contributed by atoms with van der Waals surface area (Å²) in [7, 11) is 0. The van der Waals surface area contributed by atoms with Gasteiger partial charge in [0.15, 0.2) is 11.9 Å². The molecule has 1 saturated heterocycles. The Morgan fingerprint density at radius 2 is 2.06 bits per heavy atom. The van der Waals surface area contributed by atoms with Crippen LogP contribution < -0.4 is 0 Å². The van der Waals surface area contributed by atoms with Crippen LogP contribution in [-0.2, 0) is 14.3 Å². The first-order valence-electron chi connectivity index (χ1n) is 6.57. The minimum Gasteiger partial charge on any atom is -0.450 e. The molecule has 18 heavy (non-hydrogen) atoms. The Morgan fingerprint density at radius 3 is 2.78 bits per heavy atom. The first-order valence-corrected chi connectivity index (χ1v) is 6.57. The number of Topliss-reactive ketones (excluding diaryl/α,β-unsaturated/α-hetero) is 1. The van der Waals surface area contributed by atoms with E-state index >= 15 is 0 Å². The van der Waals surface area contributed by atoms with E-state index in [1.54, 1.807) is 0 Å². The molecule has 96 valence electrons. The fourth-order valence-corrected chi connectivity index (χ4v) is 3.89. The van der Waals surface area contributed by atoms with Gasteiger partial charge in [-0.2, -0.15) is 0 Å². The van der Waals surface area contributed by atoms with Gasteiger partial charge in [-0.3, -0.25) is 4.79 Å². The van der Waals surface area contributed by atoms with Gasteiger partial charge in [-0.15, -0.1) is 0 Å². The fraction of sp³-hybridized carbons (Fsp3) is 0.600. The average Bonchev–Trinajstić information content (AvgIpc) is 2.60. The molecule has 2 aliphatic carbocycles. The molecule has 0 unspecified atom stereocenters. The van der Waals surface area contributed by atoms with Crippen LogP contribution in [0, 0.1) is 17.3 Å². The highest BCUT2D eigenvalue weighted by Crippen LogP contribution is 2.54. The van der Waals surface area contributed by atoms with E-state index in [1.165, 1.54) is 0 Å². The van der Waals surface area contributed by atoms with Gasteiger partial charge in [-0.05, 0) is 31.6 Å². The van der Waals surface area contributed by atoms with Gasteiger partial charge in [0.25, 0.3) is 0 Å². The highest BCUT2D eigenvalue weighted by Gasteiger charge is 2.58. The third kappa shape index (κ3) is 1.30. The Bertz CT molecular complexity index is 476. The van der Waals surface area contributed by atoms with Crippen LogP contribution in [0.4, 0.5) is 0 Å². The van der Waals surface area contributed by atoms with E-state index in [0.29, 0.717) is 5.57 Å². The lowest BCUT2D eigenvalue weighted by atomic mass is 9.55. The lowest BCUT2D eigenvalue weighted by Crippen LogP contribution is -2.51. The van der Waals surface area contributed by atoms with E-state index in [2.05, 4.69) is 13.2 Å². The molecule has 4 atom stereocenters. The third-order valence-electron chi connectivity index (χ3n) is 5.08. The number of ketones is 1. The third-order valence-corrected chi connectivity index (χ3v) is 5.08. The normalized spacial score (nSPS) is 43.5. The largest absolute Gasteiger partial charge is 0.450 e. The van der Waals surface area contributed by atoms with Crippen molar-refractivity contribution in [3.8, 4) is 0 Å². The van der Waals surface area contributed by atoms with Gasteiger partial charge in [0.1, 0.15) is 0 Å². The van der Waals surface area contributed by atoms with Crippen LogP contribution in [0.5, 0.6) is 0 Å². The molecule has 3 aliphatic rings. The molecule has 0 aromatic heterocycles. The van der Waals surface area contributed by atoms with Gasteiger partial charge >= 0.3 is 5.97 Å². The van der Waals surface area contributed by atoms with E-state index in [9.17, 15) is 9.59 Å². The SMILES string of the molecule is C=C1C(=O)O[C@@H]2C(=O)[C@@]3(C)CCCC(=C)[C@@H]3C[C@H]12. The molecule has 2 saturated carbocycles. The smallest absolute Gasteiger partial charge is 0.334 e. The molecule has 3 heteroatoms. The number of carbonyl (C=O) groups excluding carboxylic acids is 2. The molecule has 0 radical (unpaired) electrons. The fourth-order valence-electron chi connectivity index (χ4n) is 3.89. The van der Waals surface area contributed by atoms with Crippen LogP contribution in [0.1, 0.15) is 32.6 Å². The molecule has 0 spiro atoms. The summed E-state index contributed by atoms with van der Waals surface area (Å²) in [6, 6.07) is 0. The Kier molecular flexibility index (Phi) is 2.31. The lowest BCUT2D eigenvalue weighted by molar-refractivity contribution is -0.157. The van der Waals surface area contributed by atoms with Crippen molar-refractivity contribution >= 4 is 11.8 Å². The molecular weight excluding hydrogens is 228 g/mol. The number of fused-ring (bicyclic) bond motifs is 2. The van der Waals surface area contributed by atoms with Crippen LogP contribution in [0.3, 0.4) is 0 Å². The summed E-state index contributed by atoms with van der Waals surface area (Å²) < 4.78 is 5.22. The van der Waals surface area contributed by atoms with E-state index in [4.69, 9.17) is 4.74 Å². The minimum absolute atomic E-state index is 0.0802. The quantitative estimate of drug-likeness (QED) is 0.374. The molecule has 0 aromatic carbocycles. The van der Waals surface area contributed by atoms with Crippen molar-refractivity contribution in [2.24, 2.45) is 17.3 Å². The van der Waals surface area contributed by atoms with E-state index in [-0.39, 0.29) is 23.0 Å². The number of rotatable bonds is 0. The maximum Gasteiger partial charge on any atom is 0.334 e. The van der Waals surface area contributed by atoms with Gasteiger partial charge in [0.2, 0.25) is 0 Å². The summed E-state index contributed by atoms with van der Waals surface area (Å²) in [6.45, 7) is 9.92. The summed E-state index contributed by atoms with van der Waals surface area (Å²) in [5.41, 5.74) is 1.23. The number of hydrogen-bond acceptors (Lipinski definition) is 3. The number of ether oxygens (including phenoxy) is 1. The molecule has 3 rings (SSSR count). The summed E-state index contributed by atoms with van der Waals surface area (Å²) in [5, 5.41) is 0. The van der Waals surface area contributed by atoms with E-state index in [0.717, 1.165) is 31.3 Å². The summed E-state index contributed by atoms with van der Waals surface area (Å²) in [4.78, 5) is 24.2. The predicted octanol–water partition coefficient (Wildman–Crippen LogP) is 2.42. The van der Waals surface area contributed by atoms with Crippen molar-refractivity contribution < 1.29 is 14.3 Å². The lowest BCUT2D eigenvalue weighted by Gasteiger charge is -2.47. The first-order chi connectivity index (χ1) is 8.45. The number of esters is 1. The second-order valence-electron chi connectivity index (χ2n) is 6.04. The van der Waals surface area contributed by atoms with Gasteiger partial charge in [0.05, 0.1) is 0 Å². The highest BCUT2D eigenvalue weighted by molar-refractivity contribution is 6.00. The maximum absolute atomic E-state index is 12.6.